The predicted molar refractivity (Wildman–Crippen MR) is 126 cm³/mol. The van der Waals surface area contributed by atoms with Crippen molar-refractivity contribution in [1.82, 2.24) is 19.1 Å². The first-order valence-electron chi connectivity index (χ1n) is 10.8. The lowest BCUT2D eigenvalue weighted by Crippen LogP contribution is -2.38. The molecule has 34 heavy (non-hydrogen) atoms. The van der Waals surface area contributed by atoms with E-state index in [0.29, 0.717) is 42.1 Å². The minimum absolute atomic E-state index is 0.237. The molecule has 2 aliphatic rings. The molecule has 4 heterocycles. The first kappa shape index (κ1) is 22.1. The van der Waals surface area contributed by atoms with Crippen molar-refractivity contribution in [1.29, 1.82) is 0 Å². The van der Waals surface area contributed by atoms with Crippen LogP contribution in [0.5, 0.6) is 0 Å². The Kier molecular flexibility index (Phi) is 5.58. The third-order valence-electron chi connectivity index (χ3n) is 5.85. The average Bonchev–Trinajstić information content (AvgIpc) is 3.44. The summed E-state index contributed by atoms with van der Waals surface area (Å²) in [5, 5.41) is 12.0. The molecule has 11 heteroatoms. The number of nitrogens with zero attached hydrogens (tertiary/aromatic N) is 6. The molecule has 2 aliphatic heterocycles. The number of anilines is 1. The van der Waals surface area contributed by atoms with Crippen molar-refractivity contribution in [2.24, 2.45) is 5.11 Å². The second kappa shape index (κ2) is 8.58. The summed E-state index contributed by atoms with van der Waals surface area (Å²) in [4.78, 5) is 17.4. The Morgan fingerprint density at radius 1 is 1.21 bits per heavy atom. The van der Waals surface area contributed by atoms with Crippen LogP contribution in [-0.4, -0.2) is 59.3 Å². The van der Waals surface area contributed by atoms with Crippen molar-refractivity contribution in [3.05, 3.63) is 71.6 Å². The predicted octanol–water partition coefficient (Wildman–Crippen LogP) is 0.747. The van der Waals surface area contributed by atoms with Gasteiger partial charge in [-0.2, -0.15) is 9.40 Å². The summed E-state index contributed by atoms with van der Waals surface area (Å²) in [6.07, 6.45) is 7.01. The van der Waals surface area contributed by atoms with E-state index in [-0.39, 0.29) is 12.5 Å². The molecule has 1 amide bonds. The van der Waals surface area contributed by atoms with E-state index in [9.17, 15) is 13.2 Å². The number of hydrogen-bond donors (Lipinski definition) is 1. The second-order valence-electron chi connectivity index (χ2n) is 8.28. The molecule has 0 fully saturated rings. The highest BCUT2D eigenvalue weighted by Crippen LogP contribution is 2.27. The van der Waals surface area contributed by atoms with Crippen molar-refractivity contribution in [2.45, 2.75) is 13.3 Å². The van der Waals surface area contributed by atoms with E-state index in [1.807, 2.05) is 43.3 Å². The van der Waals surface area contributed by atoms with Gasteiger partial charge in [-0.15, -0.1) is 9.48 Å². The molecule has 0 atom stereocenters. The second-order valence-corrected chi connectivity index (χ2v) is 10.3. The van der Waals surface area contributed by atoms with Gasteiger partial charge in [-0.1, -0.05) is 23.8 Å². The number of fused-ring (bicyclic) bond motifs is 1. The summed E-state index contributed by atoms with van der Waals surface area (Å²) < 4.78 is 28.4. The maximum absolute atomic E-state index is 13.2. The zero-order valence-electron chi connectivity index (χ0n) is 18.8. The smallest absolute Gasteiger partial charge is 0.306 e. The molecule has 0 aliphatic carbocycles. The van der Waals surface area contributed by atoms with Gasteiger partial charge < -0.3 is 5.32 Å². The molecule has 0 spiro atoms. The lowest BCUT2D eigenvalue weighted by atomic mass is 10.1. The largest absolute Gasteiger partial charge is 0.358 e. The normalized spacial score (nSPS) is 16.1. The Bertz CT molecular complexity index is 1540. The van der Waals surface area contributed by atoms with Crippen LogP contribution in [0.25, 0.3) is 16.8 Å². The fourth-order valence-electron chi connectivity index (χ4n) is 3.97. The minimum atomic E-state index is -3.24. The molecular formula is C23H24N7O3S+. The minimum Gasteiger partial charge on any atom is -0.306 e. The van der Waals surface area contributed by atoms with Gasteiger partial charge in [0.05, 0.1) is 17.6 Å². The standard InChI is InChI=1S/C23H23N7O3S/c1-16-4-6-18(7-5-16)30-21(26-23(31)19-15-25-29-11-3-10-24-22(19)29)14-20(27-30)17-8-12-28(13-9-17)34(2,32)33/h3-8,10-11,14H,9,12-13,15H2,1-2H3/p+1. The molecule has 0 saturated heterocycles. The number of sulfonamides is 1. The highest BCUT2D eigenvalue weighted by Gasteiger charge is 2.26. The first-order valence-corrected chi connectivity index (χ1v) is 12.7. The van der Waals surface area contributed by atoms with Crippen LogP contribution in [0, 0.1) is 6.92 Å². The molecule has 0 radical (unpaired) electrons. The highest BCUT2D eigenvalue weighted by molar-refractivity contribution is 7.88. The summed E-state index contributed by atoms with van der Waals surface area (Å²) in [5.41, 5.74) is 4.53. The number of rotatable bonds is 5. The number of nitrogens with one attached hydrogen (secondary N) is 1. The van der Waals surface area contributed by atoms with Crippen LogP contribution in [0.15, 0.2) is 60.0 Å². The Morgan fingerprint density at radius 3 is 2.71 bits per heavy atom. The number of carbonyl (C=O) groups excluding carboxylic acids is 1. The number of hydrogen-bond acceptors (Lipinski definition) is 6. The molecule has 10 nitrogen and oxygen atoms in total. The summed E-state index contributed by atoms with van der Waals surface area (Å²) in [6, 6.07) is 11.4. The number of aryl methyl sites for hydroxylation is 1. The van der Waals surface area contributed by atoms with Crippen molar-refractivity contribution in [3.8, 4) is 5.69 Å². The van der Waals surface area contributed by atoms with E-state index in [2.05, 4.69) is 15.4 Å². The van der Waals surface area contributed by atoms with Crippen LogP contribution >= 0.6 is 0 Å². The molecule has 3 aromatic rings. The van der Waals surface area contributed by atoms with Gasteiger partial charge in [-0.3, -0.25) is 4.79 Å². The number of benzene rings is 1. The van der Waals surface area contributed by atoms with Gasteiger partial charge in [0, 0.05) is 25.2 Å². The maximum Gasteiger partial charge on any atom is 0.358 e. The van der Waals surface area contributed by atoms with Crippen molar-refractivity contribution >= 4 is 32.9 Å². The van der Waals surface area contributed by atoms with Crippen LogP contribution in [0.4, 0.5) is 5.82 Å². The van der Waals surface area contributed by atoms with Gasteiger partial charge in [0.15, 0.2) is 0 Å². The topological polar surface area (TPSA) is 115 Å². The monoisotopic (exact) mass is 478 g/mol. The zero-order chi connectivity index (χ0) is 23.9. The molecule has 1 aromatic carbocycles. The van der Waals surface area contributed by atoms with Crippen LogP contribution in [0.2, 0.25) is 0 Å². The van der Waals surface area contributed by atoms with E-state index in [0.717, 1.165) is 16.8 Å². The van der Waals surface area contributed by atoms with Crippen molar-refractivity contribution in [3.63, 3.8) is 0 Å². The molecule has 0 saturated carbocycles. The fourth-order valence-corrected chi connectivity index (χ4v) is 4.74. The third kappa shape index (κ3) is 4.27. The van der Waals surface area contributed by atoms with Crippen LogP contribution in [0.1, 0.15) is 17.7 Å². The summed E-state index contributed by atoms with van der Waals surface area (Å²) >= 11 is 0. The third-order valence-corrected chi connectivity index (χ3v) is 7.12. The van der Waals surface area contributed by atoms with Gasteiger partial charge in [-0.25, -0.2) is 13.1 Å². The molecule has 1 N–H and O–H groups in total. The first-order chi connectivity index (χ1) is 16.3. The Balaban J connectivity index is 1.51. The van der Waals surface area contributed by atoms with Crippen LogP contribution in [0.3, 0.4) is 0 Å². The van der Waals surface area contributed by atoms with Gasteiger partial charge >= 0.3 is 5.48 Å². The number of carbonyl (C=O) groups is 1. The van der Waals surface area contributed by atoms with Gasteiger partial charge in [0.25, 0.3) is 5.91 Å². The average molecular weight is 479 g/mol. The molecular weight excluding hydrogens is 454 g/mol. The van der Waals surface area contributed by atoms with E-state index in [1.54, 1.807) is 27.5 Å². The van der Waals surface area contributed by atoms with E-state index >= 15 is 0 Å². The quantitative estimate of drug-likeness (QED) is 0.544. The number of amides is 1. The Morgan fingerprint density at radius 2 is 2.00 bits per heavy atom. The number of aromatic nitrogens is 4. The SMILES string of the molecule is Cc1ccc(-n2nc(C3=CCN(S(C)(=O)=O)CC3)cc2NC(=O)C2=c3nccc[n+]3=NC2)cc1. The van der Waals surface area contributed by atoms with Crippen LogP contribution < -0.4 is 15.2 Å². The Hall–Kier alpha value is -3.70. The lowest BCUT2D eigenvalue weighted by Gasteiger charge is -2.23. The van der Waals surface area contributed by atoms with Crippen molar-refractivity contribution < 1.29 is 17.6 Å². The molecule has 0 bridgehead atoms. The van der Waals surface area contributed by atoms with E-state index < -0.39 is 10.0 Å². The summed E-state index contributed by atoms with van der Waals surface area (Å²) in [6.45, 7) is 2.93. The van der Waals surface area contributed by atoms with Crippen LogP contribution in [-0.2, 0) is 14.8 Å². The molecule has 2 aromatic heterocycles. The van der Waals surface area contributed by atoms with Gasteiger partial charge in [0.1, 0.15) is 30.3 Å². The molecule has 0 unspecified atom stereocenters. The van der Waals surface area contributed by atoms with Crippen molar-refractivity contribution in [2.75, 3.05) is 31.2 Å². The van der Waals surface area contributed by atoms with Gasteiger partial charge in [0.2, 0.25) is 10.0 Å². The fraction of sp³-hybridized carbons (Fsp3) is 0.261. The Labute approximate surface area is 196 Å². The molecule has 174 valence electrons. The highest BCUT2D eigenvalue weighted by atomic mass is 32.2. The van der Waals surface area contributed by atoms with E-state index in [4.69, 9.17) is 5.10 Å². The maximum atomic E-state index is 13.2. The summed E-state index contributed by atoms with van der Waals surface area (Å²) in [7, 11) is -3.24. The summed E-state index contributed by atoms with van der Waals surface area (Å²) in [5.74, 6) is 0.214. The lowest BCUT2D eigenvalue weighted by molar-refractivity contribution is -0.561. The van der Waals surface area contributed by atoms with E-state index in [1.165, 1.54) is 10.6 Å². The van der Waals surface area contributed by atoms with Gasteiger partial charge in [-0.05, 0) is 36.0 Å². The zero-order valence-corrected chi connectivity index (χ0v) is 19.7. The molecule has 5 rings (SSSR count).